The molecule has 1 unspecified atom stereocenters. The molecule has 0 radical (unpaired) electrons. The Morgan fingerprint density at radius 3 is 2.75 bits per heavy atom. The molecular formula is C8H16O4. The van der Waals surface area contributed by atoms with E-state index in [1.54, 1.807) is 13.8 Å². The molecule has 4 heteroatoms. The molecule has 0 amide bonds. The minimum absolute atomic E-state index is 0.0256. The summed E-state index contributed by atoms with van der Waals surface area (Å²) in [5.41, 5.74) is 0. The van der Waals surface area contributed by atoms with Crippen molar-refractivity contribution in [3.8, 4) is 0 Å². The molecule has 1 aliphatic heterocycles. The molecule has 12 heavy (non-hydrogen) atoms. The number of ether oxygens (including phenoxy) is 2. The van der Waals surface area contributed by atoms with Crippen molar-refractivity contribution in [1.82, 2.24) is 0 Å². The van der Waals surface area contributed by atoms with Crippen molar-refractivity contribution in [2.45, 2.75) is 38.3 Å². The standard InChI is InChI=1S/C8H16O4/c1-8(2)11-5-6(10)7(12-8)3-4-9/h6-7,9-10H,3-5H2,1-2H3/t6-,7?/m1/s1. The molecule has 1 saturated heterocycles. The molecule has 0 spiro atoms. The van der Waals surface area contributed by atoms with Crippen molar-refractivity contribution in [3.05, 3.63) is 0 Å². The van der Waals surface area contributed by atoms with Gasteiger partial charge in [0.05, 0.1) is 12.7 Å². The fourth-order valence-corrected chi connectivity index (χ4v) is 1.25. The summed E-state index contributed by atoms with van der Waals surface area (Å²) in [5.74, 6) is -0.640. The quantitative estimate of drug-likeness (QED) is 0.616. The van der Waals surface area contributed by atoms with E-state index in [1.165, 1.54) is 0 Å². The number of hydrogen-bond acceptors (Lipinski definition) is 4. The van der Waals surface area contributed by atoms with Crippen LogP contribution in [0.4, 0.5) is 0 Å². The fourth-order valence-electron chi connectivity index (χ4n) is 1.25. The highest BCUT2D eigenvalue weighted by Gasteiger charge is 2.34. The van der Waals surface area contributed by atoms with Crippen molar-refractivity contribution in [2.24, 2.45) is 0 Å². The van der Waals surface area contributed by atoms with E-state index >= 15 is 0 Å². The van der Waals surface area contributed by atoms with Gasteiger partial charge in [0.1, 0.15) is 6.10 Å². The third-order valence-corrected chi connectivity index (χ3v) is 1.88. The summed E-state index contributed by atoms with van der Waals surface area (Å²) in [6, 6.07) is 0. The lowest BCUT2D eigenvalue weighted by Gasteiger charge is -2.38. The minimum atomic E-state index is -0.640. The maximum Gasteiger partial charge on any atom is 0.163 e. The van der Waals surface area contributed by atoms with Crippen LogP contribution in [0.25, 0.3) is 0 Å². The molecule has 72 valence electrons. The molecule has 0 bridgehead atoms. The van der Waals surface area contributed by atoms with Crippen LogP contribution in [0.3, 0.4) is 0 Å². The highest BCUT2D eigenvalue weighted by Crippen LogP contribution is 2.23. The average molecular weight is 176 g/mol. The van der Waals surface area contributed by atoms with Gasteiger partial charge in [-0.25, -0.2) is 0 Å². The lowest BCUT2D eigenvalue weighted by molar-refractivity contribution is -0.305. The zero-order valence-electron chi connectivity index (χ0n) is 7.49. The van der Waals surface area contributed by atoms with E-state index < -0.39 is 11.9 Å². The van der Waals surface area contributed by atoms with E-state index in [0.29, 0.717) is 6.42 Å². The smallest absolute Gasteiger partial charge is 0.163 e. The van der Waals surface area contributed by atoms with Crippen LogP contribution in [0.2, 0.25) is 0 Å². The molecule has 0 aromatic heterocycles. The Labute approximate surface area is 72.1 Å². The SMILES string of the molecule is CC1(C)OC[C@@H](O)C(CCO)O1. The lowest BCUT2D eigenvalue weighted by Crippen LogP contribution is -2.48. The highest BCUT2D eigenvalue weighted by atomic mass is 16.7. The molecule has 0 aliphatic carbocycles. The molecule has 0 aromatic carbocycles. The minimum Gasteiger partial charge on any atom is -0.396 e. The summed E-state index contributed by atoms with van der Waals surface area (Å²) < 4.78 is 10.6. The van der Waals surface area contributed by atoms with Gasteiger partial charge in [-0.2, -0.15) is 0 Å². The van der Waals surface area contributed by atoms with Crippen LogP contribution in [0.15, 0.2) is 0 Å². The van der Waals surface area contributed by atoms with Crippen molar-refractivity contribution < 1.29 is 19.7 Å². The number of aliphatic hydroxyl groups is 2. The topological polar surface area (TPSA) is 58.9 Å². The Morgan fingerprint density at radius 1 is 1.50 bits per heavy atom. The van der Waals surface area contributed by atoms with Gasteiger partial charge in [-0.3, -0.25) is 0 Å². The molecule has 2 N–H and O–H groups in total. The number of aliphatic hydroxyl groups excluding tert-OH is 2. The first-order valence-corrected chi connectivity index (χ1v) is 4.16. The fraction of sp³-hybridized carbons (Fsp3) is 1.00. The summed E-state index contributed by atoms with van der Waals surface area (Å²) in [4.78, 5) is 0. The van der Waals surface area contributed by atoms with Crippen LogP contribution in [-0.4, -0.2) is 41.4 Å². The molecule has 1 rings (SSSR count). The van der Waals surface area contributed by atoms with Gasteiger partial charge in [-0.05, 0) is 20.3 Å². The highest BCUT2D eigenvalue weighted by molar-refractivity contribution is 4.76. The molecule has 0 saturated carbocycles. The molecule has 1 fully saturated rings. The molecule has 4 nitrogen and oxygen atoms in total. The normalized spacial score (nSPS) is 35.0. The van der Waals surface area contributed by atoms with Crippen LogP contribution in [0.1, 0.15) is 20.3 Å². The zero-order valence-corrected chi connectivity index (χ0v) is 7.49. The van der Waals surface area contributed by atoms with E-state index in [-0.39, 0.29) is 19.3 Å². The van der Waals surface area contributed by atoms with E-state index in [1.807, 2.05) is 0 Å². The maximum atomic E-state index is 9.37. The second-order valence-corrected chi connectivity index (χ2v) is 3.45. The predicted octanol–water partition coefficient (Wildman–Crippen LogP) is -0.119. The maximum absolute atomic E-state index is 9.37. The van der Waals surface area contributed by atoms with Crippen molar-refractivity contribution in [3.63, 3.8) is 0 Å². The van der Waals surface area contributed by atoms with Gasteiger partial charge in [0.2, 0.25) is 0 Å². The monoisotopic (exact) mass is 176 g/mol. The van der Waals surface area contributed by atoms with Crippen molar-refractivity contribution in [2.75, 3.05) is 13.2 Å². The van der Waals surface area contributed by atoms with Crippen molar-refractivity contribution in [1.29, 1.82) is 0 Å². The summed E-state index contributed by atoms with van der Waals surface area (Å²) in [6.07, 6.45) is -0.475. The van der Waals surface area contributed by atoms with Gasteiger partial charge in [-0.1, -0.05) is 0 Å². The third-order valence-electron chi connectivity index (χ3n) is 1.88. The summed E-state index contributed by atoms with van der Waals surface area (Å²) in [5, 5.41) is 18.0. The van der Waals surface area contributed by atoms with Crippen LogP contribution in [0.5, 0.6) is 0 Å². The molecule has 2 atom stereocenters. The van der Waals surface area contributed by atoms with E-state index in [4.69, 9.17) is 14.6 Å². The summed E-state index contributed by atoms with van der Waals surface area (Å²) >= 11 is 0. The Kier molecular flexibility index (Phi) is 3.06. The predicted molar refractivity (Wildman–Crippen MR) is 42.6 cm³/mol. The van der Waals surface area contributed by atoms with E-state index in [9.17, 15) is 5.11 Å². The van der Waals surface area contributed by atoms with Crippen LogP contribution < -0.4 is 0 Å². The summed E-state index contributed by atoms with van der Waals surface area (Å²) in [7, 11) is 0. The Balaban J connectivity index is 2.47. The molecule has 0 aromatic rings. The van der Waals surface area contributed by atoms with Crippen LogP contribution in [-0.2, 0) is 9.47 Å². The zero-order chi connectivity index (χ0) is 9.19. The Morgan fingerprint density at radius 2 is 2.17 bits per heavy atom. The van der Waals surface area contributed by atoms with Gasteiger partial charge in [-0.15, -0.1) is 0 Å². The Bertz CT molecular complexity index is 146. The third kappa shape index (κ3) is 2.42. The first kappa shape index (κ1) is 9.92. The van der Waals surface area contributed by atoms with Gasteiger partial charge in [0.15, 0.2) is 5.79 Å². The van der Waals surface area contributed by atoms with Crippen LogP contribution in [0, 0.1) is 0 Å². The van der Waals surface area contributed by atoms with Gasteiger partial charge < -0.3 is 19.7 Å². The van der Waals surface area contributed by atoms with E-state index in [0.717, 1.165) is 0 Å². The number of hydrogen-bond donors (Lipinski definition) is 2. The molecular weight excluding hydrogens is 160 g/mol. The van der Waals surface area contributed by atoms with Crippen LogP contribution >= 0.6 is 0 Å². The second kappa shape index (κ2) is 3.70. The first-order valence-electron chi connectivity index (χ1n) is 4.16. The van der Waals surface area contributed by atoms with Crippen molar-refractivity contribution >= 4 is 0 Å². The largest absolute Gasteiger partial charge is 0.396 e. The molecule has 1 aliphatic rings. The second-order valence-electron chi connectivity index (χ2n) is 3.45. The lowest BCUT2D eigenvalue weighted by atomic mass is 10.1. The van der Waals surface area contributed by atoms with E-state index in [2.05, 4.69) is 0 Å². The van der Waals surface area contributed by atoms with Gasteiger partial charge >= 0.3 is 0 Å². The van der Waals surface area contributed by atoms with Gasteiger partial charge in [0, 0.05) is 6.61 Å². The average Bonchev–Trinajstić information content (AvgIpc) is 1.97. The Hall–Kier alpha value is -0.160. The first-order chi connectivity index (χ1) is 5.55. The summed E-state index contributed by atoms with van der Waals surface area (Å²) in [6.45, 7) is 3.89. The molecule has 1 heterocycles. The number of rotatable bonds is 2. The van der Waals surface area contributed by atoms with Gasteiger partial charge in [0.25, 0.3) is 0 Å².